The van der Waals surface area contributed by atoms with Crippen molar-refractivity contribution in [1.82, 2.24) is 0 Å². The Labute approximate surface area is 498 Å². The number of unbranched alkanes of at least 4 members (excludes halogenated alkanes) is 47. The molecule has 0 bridgehead atoms. The summed E-state index contributed by atoms with van der Waals surface area (Å²) in [4.78, 5) is 38.4. The standard InChI is InChI=1S/C74H136O6/c1-4-7-10-13-16-19-22-25-27-29-31-33-34-35-36-37-38-39-40-42-43-45-47-49-52-55-58-61-64-67-73(76)79-70-71(69-78-72(75)66-63-60-57-54-51-24-21-18-15-12-9-6-3)80-74(77)68-65-62-59-56-53-50-48-46-44-41-32-30-28-26-23-20-17-14-11-8-5-2/h18,21,23,26,29-32,71H,4-17,19-20,22,24-25,27-28,33-70H2,1-3H3/b21-18-,26-23-,31-29-,32-30-. The summed E-state index contributed by atoms with van der Waals surface area (Å²) in [6.45, 7) is 6.66. The van der Waals surface area contributed by atoms with E-state index < -0.39 is 6.10 Å². The Balaban J connectivity index is 4.19. The summed E-state index contributed by atoms with van der Waals surface area (Å²) in [5.74, 6) is -0.864. The topological polar surface area (TPSA) is 78.9 Å². The van der Waals surface area contributed by atoms with E-state index in [1.54, 1.807) is 0 Å². The smallest absolute Gasteiger partial charge is 0.306 e. The third-order valence-corrected chi connectivity index (χ3v) is 16.0. The molecular formula is C74H136O6. The third-order valence-electron chi connectivity index (χ3n) is 16.0. The van der Waals surface area contributed by atoms with Crippen LogP contribution in [0, 0.1) is 0 Å². The van der Waals surface area contributed by atoms with Gasteiger partial charge in [-0.15, -0.1) is 0 Å². The number of allylic oxidation sites excluding steroid dienone is 8. The molecule has 468 valence electrons. The number of esters is 3. The summed E-state index contributed by atoms with van der Waals surface area (Å²) in [5, 5.41) is 0. The number of hydrogen-bond donors (Lipinski definition) is 0. The van der Waals surface area contributed by atoms with E-state index in [1.807, 2.05) is 0 Å². The van der Waals surface area contributed by atoms with Crippen LogP contribution in [-0.4, -0.2) is 37.2 Å². The van der Waals surface area contributed by atoms with Crippen LogP contribution in [0.25, 0.3) is 0 Å². The van der Waals surface area contributed by atoms with Crippen molar-refractivity contribution in [3.8, 4) is 0 Å². The first kappa shape index (κ1) is 77.4. The molecule has 1 unspecified atom stereocenters. The molecule has 1 atom stereocenters. The van der Waals surface area contributed by atoms with Crippen LogP contribution in [0.2, 0.25) is 0 Å². The molecule has 6 heteroatoms. The molecule has 6 nitrogen and oxygen atoms in total. The summed E-state index contributed by atoms with van der Waals surface area (Å²) < 4.78 is 17.0. The highest BCUT2D eigenvalue weighted by molar-refractivity contribution is 5.71. The molecule has 80 heavy (non-hydrogen) atoms. The first-order valence-electron chi connectivity index (χ1n) is 35.6. The van der Waals surface area contributed by atoms with Gasteiger partial charge in [0.25, 0.3) is 0 Å². The highest BCUT2D eigenvalue weighted by Gasteiger charge is 2.19. The second kappa shape index (κ2) is 68.9. The SMILES string of the molecule is CCCCC/C=C\CCCCCCCC(=O)OCC(COC(=O)CCCCCCCCCCCCCCCCCCC/C=C\CCCCCCCCCC)OC(=O)CCCCCCCCCCC/C=C\C/C=C\CCCCCCC. The molecule has 0 saturated heterocycles. The molecule has 0 fully saturated rings. The fourth-order valence-corrected chi connectivity index (χ4v) is 10.6. The average molecular weight is 1120 g/mol. The van der Waals surface area contributed by atoms with Crippen molar-refractivity contribution in [2.75, 3.05) is 13.2 Å². The van der Waals surface area contributed by atoms with Gasteiger partial charge in [0.15, 0.2) is 6.10 Å². The second-order valence-corrected chi connectivity index (χ2v) is 24.1. The van der Waals surface area contributed by atoms with Crippen molar-refractivity contribution in [2.24, 2.45) is 0 Å². The normalized spacial score (nSPS) is 12.3. The zero-order valence-corrected chi connectivity index (χ0v) is 53.9. The van der Waals surface area contributed by atoms with E-state index >= 15 is 0 Å². The third kappa shape index (κ3) is 66.2. The van der Waals surface area contributed by atoms with Crippen molar-refractivity contribution in [1.29, 1.82) is 0 Å². The van der Waals surface area contributed by atoms with Gasteiger partial charge in [-0.25, -0.2) is 0 Å². The number of rotatable bonds is 66. The Kier molecular flexibility index (Phi) is 66.6. The van der Waals surface area contributed by atoms with Gasteiger partial charge < -0.3 is 14.2 Å². The maximum Gasteiger partial charge on any atom is 0.306 e. The van der Waals surface area contributed by atoms with Gasteiger partial charge in [-0.1, -0.05) is 313 Å². The average Bonchev–Trinajstić information content (AvgIpc) is 3.46. The lowest BCUT2D eigenvalue weighted by atomic mass is 10.0. The molecule has 0 spiro atoms. The highest BCUT2D eigenvalue weighted by atomic mass is 16.6. The van der Waals surface area contributed by atoms with Crippen LogP contribution >= 0.6 is 0 Å². The zero-order valence-electron chi connectivity index (χ0n) is 53.9. The van der Waals surface area contributed by atoms with Gasteiger partial charge in [-0.2, -0.15) is 0 Å². The molecule has 0 heterocycles. The van der Waals surface area contributed by atoms with E-state index in [1.165, 1.54) is 276 Å². The van der Waals surface area contributed by atoms with Gasteiger partial charge in [-0.05, 0) is 103 Å². The Bertz CT molecular complexity index is 1380. The van der Waals surface area contributed by atoms with Crippen LogP contribution < -0.4 is 0 Å². The lowest BCUT2D eigenvalue weighted by Crippen LogP contribution is -2.30. The lowest BCUT2D eigenvalue weighted by molar-refractivity contribution is -0.167. The van der Waals surface area contributed by atoms with Crippen LogP contribution in [0.15, 0.2) is 48.6 Å². The summed E-state index contributed by atoms with van der Waals surface area (Å²) in [5.41, 5.74) is 0. The van der Waals surface area contributed by atoms with E-state index in [9.17, 15) is 14.4 Å². The van der Waals surface area contributed by atoms with Crippen molar-refractivity contribution in [3.05, 3.63) is 48.6 Å². The first-order chi connectivity index (χ1) is 39.5. The van der Waals surface area contributed by atoms with E-state index in [4.69, 9.17) is 14.2 Å². The number of carbonyl (C=O) groups excluding carboxylic acids is 3. The molecule has 0 rings (SSSR count). The van der Waals surface area contributed by atoms with Crippen LogP contribution in [0.3, 0.4) is 0 Å². The molecule has 0 aliphatic carbocycles. The molecule has 0 aromatic rings. The maximum absolute atomic E-state index is 12.9. The van der Waals surface area contributed by atoms with E-state index in [0.29, 0.717) is 19.3 Å². The molecule has 0 aromatic carbocycles. The Morgan fingerprint density at radius 2 is 0.450 bits per heavy atom. The Morgan fingerprint density at radius 1 is 0.250 bits per heavy atom. The fourth-order valence-electron chi connectivity index (χ4n) is 10.6. The number of ether oxygens (including phenoxy) is 3. The van der Waals surface area contributed by atoms with Crippen LogP contribution in [0.4, 0.5) is 0 Å². The quantitative estimate of drug-likeness (QED) is 0.0261. The molecule has 0 aromatic heterocycles. The maximum atomic E-state index is 12.9. The monoisotopic (exact) mass is 1120 g/mol. The number of hydrogen-bond acceptors (Lipinski definition) is 6. The first-order valence-corrected chi connectivity index (χ1v) is 35.6. The minimum Gasteiger partial charge on any atom is -0.462 e. The minimum atomic E-state index is -0.778. The van der Waals surface area contributed by atoms with Crippen molar-refractivity contribution < 1.29 is 28.6 Å². The fraction of sp³-hybridized carbons (Fsp3) is 0.851. The van der Waals surface area contributed by atoms with Gasteiger partial charge in [0.05, 0.1) is 0 Å². The Hall–Kier alpha value is -2.63. The molecule has 0 saturated carbocycles. The van der Waals surface area contributed by atoms with Gasteiger partial charge in [0.2, 0.25) is 0 Å². The van der Waals surface area contributed by atoms with E-state index in [0.717, 1.165) is 70.6 Å². The van der Waals surface area contributed by atoms with Crippen LogP contribution in [0.5, 0.6) is 0 Å². The van der Waals surface area contributed by atoms with Gasteiger partial charge in [0.1, 0.15) is 13.2 Å². The largest absolute Gasteiger partial charge is 0.462 e. The molecular weight excluding hydrogens is 985 g/mol. The van der Waals surface area contributed by atoms with Gasteiger partial charge in [-0.3, -0.25) is 14.4 Å². The summed E-state index contributed by atoms with van der Waals surface area (Å²) in [6, 6.07) is 0. The lowest BCUT2D eigenvalue weighted by Gasteiger charge is -2.18. The zero-order chi connectivity index (χ0) is 57.8. The number of carbonyl (C=O) groups is 3. The molecule has 0 aliphatic heterocycles. The van der Waals surface area contributed by atoms with E-state index in [-0.39, 0.29) is 31.1 Å². The predicted octanol–water partition coefficient (Wildman–Crippen LogP) is 24.5. The Morgan fingerprint density at radius 3 is 0.725 bits per heavy atom. The van der Waals surface area contributed by atoms with Crippen molar-refractivity contribution in [3.63, 3.8) is 0 Å². The minimum absolute atomic E-state index is 0.0738. The van der Waals surface area contributed by atoms with Gasteiger partial charge in [0, 0.05) is 19.3 Å². The van der Waals surface area contributed by atoms with Crippen molar-refractivity contribution >= 4 is 17.9 Å². The molecule has 0 amide bonds. The van der Waals surface area contributed by atoms with Gasteiger partial charge >= 0.3 is 17.9 Å². The molecule has 0 N–H and O–H groups in total. The second-order valence-electron chi connectivity index (χ2n) is 24.1. The molecule has 0 aliphatic rings. The summed E-state index contributed by atoms with van der Waals surface area (Å²) >= 11 is 0. The summed E-state index contributed by atoms with van der Waals surface area (Å²) in [6.07, 6.45) is 87.2. The van der Waals surface area contributed by atoms with Crippen LogP contribution in [-0.2, 0) is 28.6 Å². The van der Waals surface area contributed by atoms with Crippen LogP contribution in [0.1, 0.15) is 387 Å². The predicted molar refractivity (Wildman–Crippen MR) is 349 cm³/mol. The van der Waals surface area contributed by atoms with E-state index in [2.05, 4.69) is 69.4 Å². The highest BCUT2D eigenvalue weighted by Crippen LogP contribution is 2.18. The summed E-state index contributed by atoms with van der Waals surface area (Å²) in [7, 11) is 0. The van der Waals surface area contributed by atoms with Crippen molar-refractivity contribution in [2.45, 2.75) is 393 Å². The molecule has 0 radical (unpaired) electrons.